The molecule has 1 N–H and O–H groups in total. The lowest BCUT2D eigenvalue weighted by atomic mass is 10.2. The molecule has 1 aromatic rings. The van der Waals surface area contributed by atoms with E-state index in [2.05, 4.69) is 10.2 Å². The average molecular weight is 278 g/mol. The second-order valence-corrected chi connectivity index (χ2v) is 4.93. The van der Waals surface area contributed by atoms with Crippen molar-refractivity contribution in [1.29, 1.82) is 0 Å². The summed E-state index contributed by atoms with van der Waals surface area (Å²) in [5.41, 5.74) is 0. The summed E-state index contributed by atoms with van der Waals surface area (Å²) in [7, 11) is 0. The van der Waals surface area contributed by atoms with Crippen LogP contribution in [0.15, 0.2) is 28.9 Å². The normalized spacial score (nSPS) is 16.3. The van der Waals surface area contributed by atoms with Crippen molar-refractivity contribution in [1.82, 2.24) is 10.2 Å². The van der Waals surface area contributed by atoms with E-state index in [9.17, 15) is 4.79 Å². The SMILES string of the molecule is O=C(/C=C/c1ccco1)NC(=S)N1CCCCCC1. The van der Waals surface area contributed by atoms with E-state index in [1.807, 2.05) is 0 Å². The fourth-order valence-corrected chi connectivity index (χ4v) is 2.33. The Kier molecular flexibility index (Phi) is 5.15. The van der Waals surface area contributed by atoms with Crippen LogP contribution in [-0.2, 0) is 4.79 Å². The van der Waals surface area contributed by atoms with Gasteiger partial charge in [-0.15, -0.1) is 0 Å². The first-order chi connectivity index (χ1) is 9.25. The largest absolute Gasteiger partial charge is 0.465 e. The maximum atomic E-state index is 11.7. The van der Waals surface area contributed by atoms with Gasteiger partial charge in [0.05, 0.1) is 6.26 Å². The fraction of sp³-hybridized carbons (Fsp3) is 0.429. The van der Waals surface area contributed by atoms with Gasteiger partial charge in [0.1, 0.15) is 5.76 Å². The predicted octanol–water partition coefficient (Wildman–Crippen LogP) is 2.57. The van der Waals surface area contributed by atoms with Gasteiger partial charge in [0.2, 0.25) is 5.91 Å². The molecule has 1 aliphatic rings. The Balaban J connectivity index is 1.82. The van der Waals surface area contributed by atoms with Gasteiger partial charge in [0.25, 0.3) is 0 Å². The number of furan rings is 1. The number of rotatable bonds is 2. The molecule has 1 aromatic heterocycles. The highest BCUT2D eigenvalue weighted by atomic mass is 32.1. The summed E-state index contributed by atoms with van der Waals surface area (Å²) in [4.78, 5) is 13.8. The second-order valence-electron chi connectivity index (χ2n) is 4.54. The van der Waals surface area contributed by atoms with Crippen LogP contribution in [0.5, 0.6) is 0 Å². The molecule has 2 heterocycles. The third-order valence-electron chi connectivity index (χ3n) is 3.07. The van der Waals surface area contributed by atoms with Crippen LogP contribution in [0, 0.1) is 0 Å². The molecule has 5 heteroatoms. The Morgan fingerprint density at radius 3 is 2.68 bits per heavy atom. The van der Waals surface area contributed by atoms with Crippen LogP contribution >= 0.6 is 12.2 Å². The first kappa shape index (κ1) is 13.8. The van der Waals surface area contributed by atoms with E-state index in [4.69, 9.17) is 16.6 Å². The van der Waals surface area contributed by atoms with Gasteiger partial charge in [0, 0.05) is 19.2 Å². The van der Waals surface area contributed by atoms with Gasteiger partial charge in [-0.3, -0.25) is 10.1 Å². The van der Waals surface area contributed by atoms with Crippen molar-refractivity contribution in [2.24, 2.45) is 0 Å². The van der Waals surface area contributed by atoms with Crippen LogP contribution < -0.4 is 5.32 Å². The number of hydrogen-bond acceptors (Lipinski definition) is 3. The Morgan fingerprint density at radius 2 is 2.05 bits per heavy atom. The molecule has 102 valence electrons. The molecule has 19 heavy (non-hydrogen) atoms. The number of nitrogens with zero attached hydrogens (tertiary/aromatic N) is 1. The minimum atomic E-state index is -0.217. The maximum Gasteiger partial charge on any atom is 0.250 e. The summed E-state index contributed by atoms with van der Waals surface area (Å²) in [6.07, 6.45) is 9.39. The topological polar surface area (TPSA) is 45.5 Å². The summed E-state index contributed by atoms with van der Waals surface area (Å²) in [6, 6.07) is 3.57. The van der Waals surface area contributed by atoms with Gasteiger partial charge in [-0.2, -0.15) is 0 Å². The lowest BCUT2D eigenvalue weighted by Crippen LogP contribution is -2.42. The standard InChI is InChI=1S/C14H18N2O2S/c17-13(8-7-12-6-5-11-18-12)15-14(19)16-9-3-1-2-4-10-16/h5-8,11H,1-4,9-10H2,(H,15,17,19)/b8-7+. The number of thiocarbonyl (C=S) groups is 1. The van der Waals surface area contributed by atoms with Gasteiger partial charge >= 0.3 is 0 Å². The van der Waals surface area contributed by atoms with Crippen molar-refractivity contribution < 1.29 is 9.21 Å². The molecule has 0 unspecified atom stereocenters. The van der Waals surface area contributed by atoms with E-state index in [1.165, 1.54) is 18.9 Å². The third-order valence-corrected chi connectivity index (χ3v) is 3.43. The molecule has 1 fully saturated rings. The van der Waals surface area contributed by atoms with Crippen molar-refractivity contribution in [3.8, 4) is 0 Å². The highest BCUT2D eigenvalue weighted by Crippen LogP contribution is 2.09. The fourth-order valence-electron chi connectivity index (χ4n) is 2.04. The predicted molar refractivity (Wildman–Crippen MR) is 78.5 cm³/mol. The number of nitrogens with one attached hydrogen (secondary N) is 1. The van der Waals surface area contributed by atoms with Crippen molar-refractivity contribution in [2.75, 3.05) is 13.1 Å². The van der Waals surface area contributed by atoms with Gasteiger partial charge in [-0.1, -0.05) is 12.8 Å². The van der Waals surface area contributed by atoms with E-state index in [-0.39, 0.29) is 5.91 Å². The number of hydrogen-bond donors (Lipinski definition) is 1. The monoisotopic (exact) mass is 278 g/mol. The van der Waals surface area contributed by atoms with E-state index < -0.39 is 0 Å². The molecule has 0 radical (unpaired) electrons. The zero-order valence-electron chi connectivity index (χ0n) is 10.8. The van der Waals surface area contributed by atoms with Gasteiger partial charge < -0.3 is 9.32 Å². The molecule has 1 saturated heterocycles. The first-order valence-corrected chi connectivity index (χ1v) is 6.98. The van der Waals surface area contributed by atoms with Gasteiger partial charge in [0.15, 0.2) is 5.11 Å². The minimum absolute atomic E-state index is 0.217. The lowest BCUT2D eigenvalue weighted by molar-refractivity contribution is -0.115. The molecule has 1 aliphatic heterocycles. The number of amides is 1. The molecular formula is C14H18N2O2S. The highest BCUT2D eigenvalue weighted by molar-refractivity contribution is 7.80. The van der Waals surface area contributed by atoms with Crippen molar-refractivity contribution >= 4 is 29.3 Å². The summed E-state index contributed by atoms with van der Waals surface area (Å²) in [6.45, 7) is 1.86. The molecule has 2 rings (SSSR count). The summed E-state index contributed by atoms with van der Waals surface area (Å²) in [5, 5.41) is 3.25. The van der Waals surface area contributed by atoms with E-state index in [0.29, 0.717) is 10.9 Å². The molecule has 0 spiro atoms. The molecule has 0 bridgehead atoms. The first-order valence-electron chi connectivity index (χ1n) is 6.57. The van der Waals surface area contributed by atoms with Crippen LogP contribution in [0.25, 0.3) is 6.08 Å². The third kappa shape index (κ3) is 4.52. The Labute approximate surface area is 118 Å². The van der Waals surface area contributed by atoms with Crippen LogP contribution in [0.1, 0.15) is 31.4 Å². The molecule has 1 amide bonds. The van der Waals surface area contributed by atoms with E-state index >= 15 is 0 Å². The quantitative estimate of drug-likeness (QED) is 0.667. The number of likely N-dealkylation sites (tertiary alicyclic amines) is 1. The Hall–Kier alpha value is -1.62. The number of carbonyl (C=O) groups excluding carboxylic acids is 1. The Morgan fingerprint density at radius 1 is 1.32 bits per heavy atom. The highest BCUT2D eigenvalue weighted by Gasteiger charge is 2.13. The zero-order valence-corrected chi connectivity index (χ0v) is 11.6. The molecule has 0 saturated carbocycles. The second kappa shape index (κ2) is 7.09. The number of carbonyl (C=O) groups is 1. The molecule has 0 aliphatic carbocycles. The summed E-state index contributed by atoms with van der Waals surface area (Å²) < 4.78 is 5.11. The van der Waals surface area contributed by atoms with Crippen molar-refractivity contribution in [2.45, 2.75) is 25.7 Å². The lowest BCUT2D eigenvalue weighted by Gasteiger charge is -2.22. The smallest absolute Gasteiger partial charge is 0.250 e. The molecule has 0 atom stereocenters. The van der Waals surface area contributed by atoms with Crippen LogP contribution in [0.4, 0.5) is 0 Å². The minimum Gasteiger partial charge on any atom is -0.465 e. The van der Waals surface area contributed by atoms with Crippen molar-refractivity contribution in [3.63, 3.8) is 0 Å². The van der Waals surface area contributed by atoms with Gasteiger partial charge in [-0.05, 0) is 43.3 Å². The Bertz CT molecular complexity index is 446. The van der Waals surface area contributed by atoms with Crippen LogP contribution in [0.3, 0.4) is 0 Å². The van der Waals surface area contributed by atoms with E-state index in [1.54, 1.807) is 24.5 Å². The molecular weight excluding hydrogens is 260 g/mol. The summed E-state index contributed by atoms with van der Waals surface area (Å²) >= 11 is 5.26. The maximum absolute atomic E-state index is 11.7. The van der Waals surface area contributed by atoms with Crippen molar-refractivity contribution in [3.05, 3.63) is 30.2 Å². The molecule has 0 aromatic carbocycles. The van der Waals surface area contributed by atoms with Crippen LogP contribution in [-0.4, -0.2) is 29.0 Å². The van der Waals surface area contributed by atoms with E-state index in [0.717, 1.165) is 25.9 Å². The molecule has 4 nitrogen and oxygen atoms in total. The zero-order chi connectivity index (χ0) is 13.5. The van der Waals surface area contributed by atoms with Crippen LogP contribution in [0.2, 0.25) is 0 Å². The van der Waals surface area contributed by atoms with Gasteiger partial charge in [-0.25, -0.2) is 0 Å². The average Bonchev–Trinajstić information content (AvgIpc) is 2.76. The summed E-state index contributed by atoms with van der Waals surface area (Å²) in [5.74, 6) is 0.432.